The van der Waals surface area contributed by atoms with Gasteiger partial charge in [-0.15, -0.1) is 0 Å². The predicted molar refractivity (Wildman–Crippen MR) is 127 cm³/mol. The van der Waals surface area contributed by atoms with E-state index in [-0.39, 0.29) is 23.4 Å². The van der Waals surface area contributed by atoms with E-state index in [1.54, 1.807) is 24.4 Å². The molecule has 8 nitrogen and oxygen atoms in total. The van der Waals surface area contributed by atoms with Crippen molar-refractivity contribution in [1.82, 2.24) is 4.98 Å². The van der Waals surface area contributed by atoms with Crippen LogP contribution in [0.4, 0.5) is 17.1 Å². The van der Waals surface area contributed by atoms with Gasteiger partial charge in [-0.1, -0.05) is 18.2 Å². The van der Waals surface area contributed by atoms with E-state index >= 15 is 0 Å². The highest BCUT2D eigenvalue weighted by Gasteiger charge is 2.21. The van der Waals surface area contributed by atoms with Gasteiger partial charge in [-0.25, -0.2) is 0 Å². The van der Waals surface area contributed by atoms with Crippen LogP contribution < -0.4 is 15.4 Å². The fraction of sp³-hybridized carbons (Fsp3) is 0.280. The molecule has 8 heteroatoms. The lowest BCUT2D eigenvalue weighted by Crippen LogP contribution is -2.16. The highest BCUT2D eigenvalue weighted by Crippen LogP contribution is 2.32. The second-order valence-electron chi connectivity index (χ2n) is 8.08. The Labute approximate surface area is 192 Å². The van der Waals surface area contributed by atoms with E-state index in [1.807, 2.05) is 43.3 Å². The number of nitrogens with one attached hydrogen (secondary N) is 2. The third-order valence-corrected chi connectivity index (χ3v) is 5.69. The first kappa shape index (κ1) is 22.3. The summed E-state index contributed by atoms with van der Waals surface area (Å²) < 4.78 is 6.07. The Morgan fingerprint density at radius 1 is 1.09 bits per heavy atom. The highest BCUT2D eigenvalue weighted by atomic mass is 16.6. The third kappa shape index (κ3) is 5.46. The number of para-hydroxylation sites is 2. The molecule has 1 aromatic heterocycles. The lowest BCUT2D eigenvalue weighted by Gasteiger charge is -2.17. The summed E-state index contributed by atoms with van der Waals surface area (Å²) in [4.78, 5) is 28.4. The Morgan fingerprint density at radius 3 is 2.58 bits per heavy atom. The largest absolute Gasteiger partial charge is 0.488 e. The van der Waals surface area contributed by atoms with E-state index < -0.39 is 10.8 Å². The molecule has 1 unspecified atom stereocenters. The monoisotopic (exact) mass is 446 g/mol. The van der Waals surface area contributed by atoms with Crippen molar-refractivity contribution in [2.75, 3.05) is 10.6 Å². The van der Waals surface area contributed by atoms with Gasteiger partial charge in [0.05, 0.1) is 28.5 Å². The minimum Gasteiger partial charge on any atom is -0.488 e. The molecule has 0 bridgehead atoms. The van der Waals surface area contributed by atoms with Crippen LogP contribution in [0.25, 0.3) is 0 Å². The molecule has 1 fully saturated rings. The van der Waals surface area contributed by atoms with Crippen molar-refractivity contribution in [3.63, 3.8) is 0 Å². The van der Waals surface area contributed by atoms with Crippen LogP contribution in [0.2, 0.25) is 0 Å². The number of hydrogen-bond acceptors (Lipinski definition) is 6. The molecule has 2 N–H and O–H groups in total. The molecule has 0 spiro atoms. The van der Waals surface area contributed by atoms with Gasteiger partial charge in [-0.3, -0.25) is 19.9 Å². The van der Waals surface area contributed by atoms with Gasteiger partial charge < -0.3 is 15.4 Å². The number of rotatable bonds is 8. The molecular formula is C25H26N4O4. The number of aromatic nitrogens is 1. The second kappa shape index (κ2) is 10.1. The second-order valence-corrected chi connectivity index (χ2v) is 8.08. The van der Waals surface area contributed by atoms with Crippen LogP contribution in [0.15, 0.2) is 66.9 Å². The quantitative estimate of drug-likeness (QED) is 0.338. The number of carbonyl (C=O) groups excluding carboxylic acids is 1. The summed E-state index contributed by atoms with van der Waals surface area (Å²) in [5.41, 5.74) is 1.63. The standard InChI is InChI=1S/C25H26N4O4/c1-17(20-10-6-7-15-26-20)27-21-14-13-18(16-23(21)29(31)32)25(30)28-22-11-4-5-12-24(22)33-19-8-2-3-9-19/h4-7,10-17,19,27H,2-3,8-9H2,1H3,(H,28,30). The highest BCUT2D eigenvalue weighted by molar-refractivity contribution is 6.05. The molecule has 1 amide bonds. The van der Waals surface area contributed by atoms with Gasteiger partial charge in [0.25, 0.3) is 11.6 Å². The van der Waals surface area contributed by atoms with Crippen molar-refractivity contribution in [3.05, 3.63) is 88.2 Å². The molecule has 1 heterocycles. The van der Waals surface area contributed by atoms with Gasteiger partial charge in [0.15, 0.2) is 0 Å². The minimum atomic E-state index is -0.499. The first-order chi connectivity index (χ1) is 16.0. The van der Waals surface area contributed by atoms with Gasteiger partial charge >= 0.3 is 0 Å². The minimum absolute atomic E-state index is 0.149. The van der Waals surface area contributed by atoms with Crippen LogP contribution in [-0.2, 0) is 0 Å². The maximum atomic E-state index is 12.9. The molecule has 2 aromatic carbocycles. The number of pyridine rings is 1. The SMILES string of the molecule is CC(Nc1ccc(C(=O)Nc2ccccc2OC2CCCC2)cc1[N+](=O)[O-])c1ccccn1. The Bertz CT molecular complexity index is 1130. The van der Waals surface area contributed by atoms with Crippen molar-refractivity contribution >= 4 is 23.0 Å². The number of carbonyl (C=O) groups is 1. The Kier molecular flexibility index (Phi) is 6.83. The number of nitrogens with zero attached hydrogens (tertiary/aromatic N) is 2. The van der Waals surface area contributed by atoms with E-state index in [0.717, 1.165) is 31.4 Å². The summed E-state index contributed by atoms with van der Waals surface area (Å²) in [7, 11) is 0. The number of ether oxygens (including phenoxy) is 1. The number of nitro groups is 1. The van der Waals surface area contributed by atoms with E-state index in [9.17, 15) is 14.9 Å². The number of amides is 1. The topological polar surface area (TPSA) is 106 Å². The number of anilines is 2. The number of hydrogen-bond donors (Lipinski definition) is 2. The van der Waals surface area contributed by atoms with Crippen LogP contribution in [0.5, 0.6) is 5.75 Å². The maximum Gasteiger partial charge on any atom is 0.293 e. The summed E-state index contributed by atoms with van der Waals surface area (Å²) in [6, 6.07) is 16.9. The van der Waals surface area contributed by atoms with Crippen LogP contribution in [0.3, 0.4) is 0 Å². The van der Waals surface area contributed by atoms with Crippen molar-refractivity contribution in [2.24, 2.45) is 0 Å². The molecule has 1 saturated carbocycles. The fourth-order valence-corrected chi connectivity index (χ4v) is 3.94. The molecule has 33 heavy (non-hydrogen) atoms. The first-order valence-electron chi connectivity index (χ1n) is 11.0. The van der Waals surface area contributed by atoms with E-state index in [2.05, 4.69) is 15.6 Å². The lowest BCUT2D eigenvalue weighted by atomic mass is 10.1. The number of nitro benzene ring substituents is 1. The Morgan fingerprint density at radius 2 is 1.85 bits per heavy atom. The van der Waals surface area contributed by atoms with Crippen LogP contribution in [0.1, 0.15) is 54.7 Å². The lowest BCUT2D eigenvalue weighted by molar-refractivity contribution is -0.384. The van der Waals surface area contributed by atoms with Gasteiger partial charge in [0.2, 0.25) is 0 Å². The smallest absolute Gasteiger partial charge is 0.293 e. The molecule has 1 aliphatic carbocycles. The average Bonchev–Trinajstić information content (AvgIpc) is 3.34. The van der Waals surface area contributed by atoms with Gasteiger partial charge in [-0.05, 0) is 69.0 Å². The van der Waals surface area contributed by atoms with Crippen molar-refractivity contribution < 1.29 is 14.5 Å². The Balaban J connectivity index is 1.52. The molecule has 0 radical (unpaired) electrons. The molecule has 170 valence electrons. The zero-order chi connectivity index (χ0) is 23.2. The normalized spacial score (nSPS) is 14.5. The van der Waals surface area contributed by atoms with Gasteiger partial charge in [0, 0.05) is 17.8 Å². The molecule has 0 aliphatic heterocycles. The summed E-state index contributed by atoms with van der Waals surface area (Å²) in [5, 5.41) is 17.7. The van der Waals surface area contributed by atoms with Gasteiger partial charge in [-0.2, -0.15) is 0 Å². The van der Waals surface area contributed by atoms with E-state index in [0.29, 0.717) is 17.1 Å². The number of benzene rings is 2. The van der Waals surface area contributed by atoms with Crippen molar-refractivity contribution in [3.8, 4) is 5.75 Å². The maximum absolute atomic E-state index is 12.9. The molecule has 0 saturated heterocycles. The zero-order valence-electron chi connectivity index (χ0n) is 18.4. The summed E-state index contributed by atoms with van der Waals surface area (Å²) in [6.45, 7) is 1.87. The molecule has 1 aliphatic rings. The van der Waals surface area contributed by atoms with Crippen LogP contribution in [0, 0.1) is 10.1 Å². The molecule has 4 rings (SSSR count). The van der Waals surface area contributed by atoms with Crippen LogP contribution >= 0.6 is 0 Å². The van der Waals surface area contributed by atoms with Crippen LogP contribution in [-0.4, -0.2) is 21.9 Å². The third-order valence-electron chi connectivity index (χ3n) is 5.69. The Hall–Kier alpha value is -3.94. The summed E-state index contributed by atoms with van der Waals surface area (Å²) in [5.74, 6) is 0.166. The molecular weight excluding hydrogens is 420 g/mol. The van der Waals surface area contributed by atoms with Gasteiger partial charge in [0.1, 0.15) is 11.4 Å². The summed E-state index contributed by atoms with van der Waals surface area (Å²) in [6.07, 6.45) is 6.10. The van der Waals surface area contributed by atoms with Crippen molar-refractivity contribution in [2.45, 2.75) is 44.8 Å². The zero-order valence-corrected chi connectivity index (χ0v) is 18.4. The van der Waals surface area contributed by atoms with E-state index in [1.165, 1.54) is 6.07 Å². The fourth-order valence-electron chi connectivity index (χ4n) is 3.94. The molecule has 3 aromatic rings. The molecule has 1 atom stereocenters. The first-order valence-corrected chi connectivity index (χ1v) is 11.0. The average molecular weight is 447 g/mol. The van der Waals surface area contributed by atoms with E-state index in [4.69, 9.17) is 4.74 Å². The van der Waals surface area contributed by atoms with Crippen molar-refractivity contribution in [1.29, 1.82) is 0 Å². The predicted octanol–water partition coefficient (Wildman–Crippen LogP) is 5.74. The summed E-state index contributed by atoms with van der Waals surface area (Å²) >= 11 is 0.